The number of amides is 1. The number of aromatic nitrogens is 1. The molecule has 0 saturated carbocycles. The van der Waals surface area contributed by atoms with Crippen LogP contribution in [0.5, 0.6) is 0 Å². The molecular weight excluding hydrogens is 278 g/mol. The summed E-state index contributed by atoms with van der Waals surface area (Å²) >= 11 is 0. The number of nitrogens with zero attached hydrogens (tertiary/aromatic N) is 2. The van der Waals surface area contributed by atoms with Gasteiger partial charge in [-0.3, -0.25) is 4.79 Å². The lowest BCUT2D eigenvalue weighted by molar-refractivity contribution is 0.102. The Kier molecular flexibility index (Phi) is 3.88. The predicted molar refractivity (Wildman–Crippen MR) is 86.6 cm³/mol. The molecule has 1 N–H and O–H groups in total. The molecule has 1 aromatic carbocycles. The molecule has 22 heavy (non-hydrogen) atoms. The molecule has 0 spiro atoms. The topological polar surface area (TPSA) is 58.4 Å². The molecule has 1 amide bonds. The Balaban J connectivity index is 1.79. The van der Waals surface area contributed by atoms with Crippen LogP contribution in [0, 0.1) is 20.8 Å². The van der Waals surface area contributed by atoms with Crippen molar-refractivity contribution in [3.63, 3.8) is 0 Å². The number of anilines is 2. The maximum Gasteiger partial charge on any atom is 0.261 e. The lowest BCUT2D eigenvalue weighted by Crippen LogP contribution is -2.18. The molecule has 1 aromatic heterocycles. The van der Waals surface area contributed by atoms with Gasteiger partial charge in [0.15, 0.2) is 0 Å². The van der Waals surface area contributed by atoms with Crippen LogP contribution in [-0.4, -0.2) is 24.2 Å². The van der Waals surface area contributed by atoms with E-state index in [9.17, 15) is 4.79 Å². The standard InChI is InChI=1S/C17H21N3O2/c1-11-10-14(20-8-4-5-9-20)6-7-15(11)18-17(21)16-12(2)19-22-13(16)3/h6-7,10H,4-5,8-9H2,1-3H3,(H,18,21). The zero-order chi connectivity index (χ0) is 15.7. The second-order valence-electron chi connectivity index (χ2n) is 5.85. The van der Waals surface area contributed by atoms with Crippen LogP contribution in [-0.2, 0) is 0 Å². The zero-order valence-corrected chi connectivity index (χ0v) is 13.3. The van der Waals surface area contributed by atoms with E-state index < -0.39 is 0 Å². The van der Waals surface area contributed by atoms with Crippen LogP contribution in [0.4, 0.5) is 11.4 Å². The molecule has 1 fully saturated rings. The van der Waals surface area contributed by atoms with Crippen LogP contribution in [0.3, 0.4) is 0 Å². The van der Waals surface area contributed by atoms with E-state index in [1.54, 1.807) is 13.8 Å². The highest BCUT2D eigenvalue weighted by Crippen LogP contribution is 2.26. The summed E-state index contributed by atoms with van der Waals surface area (Å²) in [4.78, 5) is 14.8. The van der Waals surface area contributed by atoms with Gasteiger partial charge in [0.2, 0.25) is 0 Å². The van der Waals surface area contributed by atoms with Gasteiger partial charge < -0.3 is 14.7 Å². The lowest BCUT2D eigenvalue weighted by atomic mass is 10.1. The molecule has 0 bridgehead atoms. The SMILES string of the molecule is Cc1cc(N2CCCC2)ccc1NC(=O)c1c(C)noc1C. The Bertz CT molecular complexity index is 680. The highest BCUT2D eigenvalue weighted by Gasteiger charge is 2.19. The molecule has 1 aliphatic heterocycles. The van der Waals surface area contributed by atoms with Gasteiger partial charge in [-0.1, -0.05) is 5.16 Å². The number of benzene rings is 1. The van der Waals surface area contributed by atoms with Crippen LogP contribution in [0.2, 0.25) is 0 Å². The van der Waals surface area contributed by atoms with Gasteiger partial charge in [-0.05, 0) is 57.4 Å². The Hall–Kier alpha value is -2.30. The fourth-order valence-corrected chi connectivity index (χ4v) is 2.95. The van der Waals surface area contributed by atoms with Gasteiger partial charge in [0.1, 0.15) is 11.3 Å². The number of aryl methyl sites for hydroxylation is 3. The minimum atomic E-state index is -0.173. The van der Waals surface area contributed by atoms with Gasteiger partial charge in [0.25, 0.3) is 5.91 Å². The molecule has 1 aliphatic rings. The molecule has 2 heterocycles. The fraction of sp³-hybridized carbons (Fsp3) is 0.412. The van der Waals surface area contributed by atoms with E-state index in [1.165, 1.54) is 18.5 Å². The van der Waals surface area contributed by atoms with Crippen LogP contribution in [0.25, 0.3) is 0 Å². The van der Waals surface area contributed by atoms with Crippen LogP contribution < -0.4 is 10.2 Å². The molecule has 5 heteroatoms. The number of nitrogens with one attached hydrogen (secondary N) is 1. The first kappa shape index (κ1) is 14.6. The van der Waals surface area contributed by atoms with Gasteiger partial charge in [-0.25, -0.2) is 0 Å². The minimum Gasteiger partial charge on any atom is -0.372 e. The highest BCUT2D eigenvalue weighted by atomic mass is 16.5. The maximum absolute atomic E-state index is 12.4. The van der Waals surface area contributed by atoms with Crippen molar-refractivity contribution in [2.45, 2.75) is 33.6 Å². The summed E-state index contributed by atoms with van der Waals surface area (Å²) in [5.41, 5.74) is 4.24. The van der Waals surface area contributed by atoms with Crippen molar-refractivity contribution >= 4 is 17.3 Å². The minimum absolute atomic E-state index is 0.173. The summed E-state index contributed by atoms with van der Waals surface area (Å²) < 4.78 is 5.05. The van der Waals surface area contributed by atoms with Gasteiger partial charge in [0.05, 0.1) is 5.69 Å². The maximum atomic E-state index is 12.4. The first-order valence-electron chi connectivity index (χ1n) is 7.66. The Morgan fingerprint density at radius 1 is 1.23 bits per heavy atom. The van der Waals surface area contributed by atoms with Gasteiger partial charge >= 0.3 is 0 Å². The summed E-state index contributed by atoms with van der Waals surface area (Å²) in [6.07, 6.45) is 2.51. The first-order chi connectivity index (χ1) is 10.6. The van der Waals surface area contributed by atoms with E-state index in [-0.39, 0.29) is 5.91 Å². The number of hydrogen-bond acceptors (Lipinski definition) is 4. The van der Waals surface area contributed by atoms with Gasteiger partial charge in [0, 0.05) is 24.5 Å². The van der Waals surface area contributed by atoms with Crippen molar-refractivity contribution in [2.75, 3.05) is 23.3 Å². The molecule has 3 rings (SSSR count). The average Bonchev–Trinajstić information content (AvgIpc) is 3.11. The summed E-state index contributed by atoms with van der Waals surface area (Å²) in [6, 6.07) is 6.18. The quantitative estimate of drug-likeness (QED) is 0.943. The number of carbonyl (C=O) groups excluding carboxylic acids is 1. The van der Waals surface area contributed by atoms with Crippen molar-refractivity contribution in [3.8, 4) is 0 Å². The Morgan fingerprint density at radius 2 is 1.95 bits per heavy atom. The number of hydrogen-bond donors (Lipinski definition) is 1. The first-order valence-corrected chi connectivity index (χ1v) is 7.66. The third kappa shape index (κ3) is 2.71. The molecule has 5 nitrogen and oxygen atoms in total. The average molecular weight is 299 g/mol. The highest BCUT2D eigenvalue weighted by molar-refractivity contribution is 6.06. The van der Waals surface area contributed by atoms with E-state index in [0.717, 1.165) is 24.3 Å². The molecular formula is C17H21N3O2. The third-order valence-corrected chi connectivity index (χ3v) is 4.19. The lowest BCUT2D eigenvalue weighted by Gasteiger charge is -2.19. The second kappa shape index (κ2) is 5.83. The molecule has 0 radical (unpaired) electrons. The summed E-state index contributed by atoms with van der Waals surface area (Å²) in [6.45, 7) is 7.77. The van der Waals surface area contributed by atoms with Crippen molar-refractivity contribution in [3.05, 3.63) is 40.8 Å². The van der Waals surface area contributed by atoms with Crippen molar-refractivity contribution in [1.29, 1.82) is 0 Å². The molecule has 0 unspecified atom stereocenters. The van der Waals surface area contributed by atoms with E-state index >= 15 is 0 Å². The van der Waals surface area contributed by atoms with Crippen molar-refractivity contribution in [2.24, 2.45) is 0 Å². The van der Waals surface area contributed by atoms with Crippen LogP contribution in [0.15, 0.2) is 22.7 Å². The van der Waals surface area contributed by atoms with Crippen LogP contribution >= 0.6 is 0 Å². The summed E-state index contributed by atoms with van der Waals surface area (Å²) in [5, 5.41) is 6.78. The Morgan fingerprint density at radius 3 is 2.55 bits per heavy atom. The molecule has 116 valence electrons. The van der Waals surface area contributed by atoms with Crippen molar-refractivity contribution in [1.82, 2.24) is 5.16 Å². The largest absolute Gasteiger partial charge is 0.372 e. The van der Waals surface area contributed by atoms with E-state index in [4.69, 9.17) is 4.52 Å². The summed E-state index contributed by atoms with van der Waals surface area (Å²) in [7, 11) is 0. The molecule has 2 aromatic rings. The second-order valence-corrected chi connectivity index (χ2v) is 5.85. The zero-order valence-electron chi connectivity index (χ0n) is 13.3. The van der Waals surface area contributed by atoms with E-state index in [1.807, 2.05) is 13.0 Å². The monoisotopic (exact) mass is 299 g/mol. The van der Waals surface area contributed by atoms with Crippen LogP contribution in [0.1, 0.15) is 40.2 Å². The fourth-order valence-electron chi connectivity index (χ4n) is 2.95. The van der Waals surface area contributed by atoms with Crippen molar-refractivity contribution < 1.29 is 9.32 Å². The predicted octanol–water partition coefficient (Wildman–Crippen LogP) is 3.45. The Labute approximate surface area is 130 Å². The number of rotatable bonds is 3. The molecule has 1 saturated heterocycles. The molecule has 0 atom stereocenters. The van der Waals surface area contributed by atoms with E-state index in [0.29, 0.717) is 17.0 Å². The normalized spacial score (nSPS) is 14.4. The number of carbonyl (C=O) groups is 1. The summed E-state index contributed by atoms with van der Waals surface area (Å²) in [5.74, 6) is 0.370. The van der Waals surface area contributed by atoms with E-state index in [2.05, 4.69) is 27.5 Å². The third-order valence-electron chi connectivity index (χ3n) is 4.19. The molecule has 0 aliphatic carbocycles. The van der Waals surface area contributed by atoms with Gasteiger partial charge in [-0.15, -0.1) is 0 Å². The smallest absolute Gasteiger partial charge is 0.261 e. The van der Waals surface area contributed by atoms with Gasteiger partial charge in [-0.2, -0.15) is 0 Å².